The van der Waals surface area contributed by atoms with Gasteiger partial charge >= 0.3 is 0 Å². The van der Waals surface area contributed by atoms with E-state index in [0.717, 1.165) is 24.3 Å². The molecule has 0 aliphatic carbocycles. The van der Waals surface area contributed by atoms with Crippen molar-refractivity contribution in [3.8, 4) is 5.75 Å². The first-order valence-corrected chi connectivity index (χ1v) is 14.1. The molecule has 35 heavy (non-hydrogen) atoms. The van der Waals surface area contributed by atoms with Crippen LogP contribution < -0.4 is 9.04 Å². The predicted octanol–water partition coefficient (Wildman–Crippen LogP) is 6.03. The van der Waals surface area contributed by atoms with Crippen molar-refractivity contribution in [1.82, 2.24) is 4.90 Å². The maximum atomic E-state index is 13.6. The topological polar surface area (TPSA) is 49.9 Å². The molecule has 186 valence electrons. The molecule has 0 N–H and O–H groups in total. The molecule has 0 spiro atoms. The van der Waals surface area contributed by atoms with Crippen LogP contribution in [0.5, 0.6) is 5.75 Å². The molecule has 1 aliphatic heterocycles. The number of benzene rings is 3. The number of nitrogens with zero attached hydrogens (tertiary/aromatic N) is 2. The van der Waals surface area contributed by atoms with Gasteiger partial charge in [-0.2, -0.15) is 0 Å². The number of hydrogen-bond acceptors (Lipinski definition) is 4. The molecule has 1 heterocycles. The summed E-state index contributed by atoms with van der Waals surface area (Å²) >= 11 is 5.99. The summed E-state index contributed by atoms with van der Waals surface area (Å²) in [6, 6.07) is 23.4. The molecule has 3 aromatic rings. The highest BCUT2D eigenvalue weighted by Crippen LogP contribution is 2.26. The van der Waals surface area contributed by atoms with Gasteiger partial charge in [0.1, 0.15) is 5.75 Å². The lowest BCUT2D eigenvalue weighted by atomic mass is 10.1. The van der Waals surface area contributed by atoms with Gasteiger partial charge in [-0.05, 0) is 86.8 Å². The van der Waals surface area contributed by atoms with E-state index in [2.05, 4.69) is 4.90 Å². The molecule has 0 amide bonds. The Bertz CT molecular complexity index is 1160. The first-order chi connectivity index (χ1) is 17.0. The third-order valence-electron chi connectivity index (χ3n) is 6.33. The van der Waals surface area contributed by atoms with Crippen LogP contribution >= 0.6 is 11.6 Å². The zero-order chi connectivity index (χ0) is 24.5. The van der Waals surface area contributed by atoms with Crippen molar-refractivity contribution < 1.29 is 13.2 Å². The summed E-state index contributed by atoms with van der Waals surface area (Å²) in [5.74, 6) is 0.822. The molecule has 0 unspecified atom stereocenters. The summed E-state index contributed by atoms with van der Waals surface area (Å²) in [5.41, 5.74) is 1.63. The van der Waals surface area contributed by atoms with Crippen molar-refractivity contribution in [1.29, 1.82) is 0 Å². The Morgan fingerprint density at radius 1 is 0.857 bits per heavy atom. The first-order valence-electron chi connectivity index (χ1n) is 12.3. The van der Waals surface area contributed by atoms with Gasteiger partial charge in [-0.3, -0.25) is 4.31 Å². The van der Waals surface area contributed by atoms with Gasteiger partial charge in [-0.15, -0.1) is 0 Å². The fraction of sp³-hybridized carbons (Fsp3) is 0.357. The van der Waals surface area contributed by atoms with Crippen LogP contribution in [0.3, 0.4) is 0 Å². The van der Waals surface area contributed by atoms with Gasteiger partial charge in [0.15, 0.2) is 0 Å². The van der Waals surface area contributed by atoms with E-state index in [0.29, 0.717) is 30.3 Å². The fourth-order valence-electron chi connectivity index (χ4n) is 4.44. The number of likely N-dealkylation sites (tertiary alicyclic amines) is 1. The van der Waals surface area contributed by atoms with Crippen LogP contribution in [0.25, 0.3) is 0 Å². The van der Waals surface area contributed by atoms with E-state index in [9.17, 15) is 8.42 Å². The van der Waals surface area contributed by atoms with E-state index >= 15 is 0 Å². The molecule has 0 saturated carbocycles. The molecule has 0 radical (unpaired) electrons. The average Bonchev–Trinajstić information content (AvgIpc) is 2.89. The second-order valence-electron chi connectivity index (χ2n) is 8.83. The molecule has 3 aromatic carbocycles. The van der Waals surface area contributed by atoms with Crippen molar-refractivity contribution in [2.75, 3.05) is 37.1 Å². The van der Waals surface area contributed by atoms with Gasteiger partial charge in [0.25, 0.3) is 10.0 Å². The number of halogens is 1. The first kappa shape index (κ1) is 25.5. The third-order valence-corrected chi connectivity index (χ3v) is 8.42. The largest absolute Gasteiger partial charge is 0.493 e. The zero-order valence-electron chi connectivity index (χ0n) is 20.0. The lowest BCUT2D eigenvalue weighted by molar-refractivity contribution is 0.204. The molecule has 1 aliphatic rings. The smallest absolute Gasteiger partial charge is 0.264 e. The fourth-order valence-corrected chi connectivity index (χ4v) is 6.03. The van der Waals surface area contributed by atoms with E-state index in [-0.39, 0.29) is 4.90 Å². The summed E-state index contributed by atoms with van der Waals surface area (Å²) in [7, 11) is -3.76. The molecular formula is C28H33ClN2O3S. The van der Waals surface area contributed by atoms with E-state index in [4.69, 9.17) is 16.3 Å². The van der Waals surface area contributed by atoms with Crippen molar-refractivity contribution in [2.45, 2.75) is 37.0 Å². The van der Waals surface area contributed by atoms with Crippen molar-refractivity contribution in [3.05, 3.63) is 89.4 Å². The number of rotatable bonds is 11. The number of para-hydroxylation sites is 2. The van der Waals surface area contributed by atoms with Crippen LogP contribution in [0.4, 0.5) is 5.69 Å². The Morgan fingerprint density at radius 2 is 1.54 bits per heavy atom. The lowest BCUT2D eigenvalue weighted by Gasteiger charge is -2.26. The van der Waals surface area contributed by atoms with E-state index in [1.165, 1.54) is 36.7 Å². The number of hydrogen-bond donors (Lipinski definition) is 0. The highest BCUT2D eigenvalue weighted by molar-refractivity contribution is 7.92. The molecule has 1 saturated heterocycles. The Morgan fingerprint density at radius 3 is 2.29 bits per heavy atom. The number of anilines is 1. The SMILES string of the molecule is O=S(=O)(c1ccc(Cl)cc1)N(CCc1ccccc1OCCCN1CCCCC1)c1ccccc1. The summed E-state index contributed by atoms with van der Waals surface area (Å²) in [5, 5.41) is 0.501. The standard InChI is InChI=1S/C28H33ClN2O3S/c29-25-14-16-27(17-15-25)35(32,33)31(26-11-3-1-4-12-26)22-18-24-10-5-6-13-28(24)34-23-9-21-30-19-7-2-8-20-30/h1,3-6,10-17H,2,7-9,18-23H2. The van der Waals surface area contributed by atoms with Gasteiger partial charge in [0.05, 0.1) is 17.2 Å². The van der Waals surface area contributed by atoms with Gasteiger partial charge in [-0.25, -0.2) is 8.42 Å². The molecule has 0 atom stereocenters. The molecule has 1 fully saturated rings. The van der Waals surface area contributed by atoms with E-state index in [1.54, 1.807) is 24.3 Å². The highest BCUT2D eigenvalue weighted by Gasteiger charge is 2.25. The van der Waals surface area contributed by atoms with Crippen molar-refractivity contribution in [3.63, 3.8) is 0 Å². The van der Waals surface area contributed by atoms with Crippen LogP contribution in [0.15, 0.2) is 83.8 Å². The predicted molar refractivity (Wildman–Crippen MR) is 143 cm³/mol. The average molecular weight is 513 g/mol. The maximum Gasteiger partial charge on any atom is 0.264 e. The third kappa shape index (κ3) is 7.00. The summed E-state index contributed by atoms with van der Waals surface area (Å²) < 4.78 is 34.7. The Labute approximate surface area is 214 Å². The summed E-state index contributed by atoms with van der Waals surface area (Å²) in [6.45, 7) is 4.38. The van der Waals surface area contributed by atoms with Crippen LogP contribution in [-0.4, -0.2) is 46.1 Å². The molecule has 4 rings (SSSR count). The van der Waals surface area contributed by atoms with Gasteiger partial charge < -0.3 is 9.64 Å². The molecule has 7 heteroatoms. The number of piperidine rings is 1. The molecule has 5 nitrogen and oxygen atoms in total. The van der Waals surface area contributed by atoms with Crippen molar-refractivity contribution >= 4 is 27.3 Å². The second-order valence-corrected chi connectivity index (χ2v) is 11.1. The van der Waals surface area contributed by atoms with Crippen LogP contribution in [-0.2, 0) is 16.4 Å². The van der Waals surface area contributed by atoms with Crippen LogP contribution in [0, 0.1) is 0 Å². The Hall–Kier alpha value is -2.54. The minimum Gasteiger partial charge on any atom is -0.493 e. The van der Waals surface area contributed by atoms with Gasteiger partial charge in [0, 0.05) is 18.1 Å². The quantitative estimate of drug-likeness (QED) is 0.294. The minimum atomic E-state index is -3.76. The van der Waals surface area contributed by atoms with Gasteiger partial charge in [0.2, 0.25) is 0 Å². The normalized spacial score (nSPS) is 14.5. The second kappa shape index (κ2) is 12.4. The Balaban J connectivity index is 1.45. The number of ether oxygens (including phenoxy) is 1. The number of sulfonamides is 1. The molecule has 0 bridgehead atoms. The van der Waals surface area contributed by atoms with Crippen LogP contribution in [0.1, 0.15) is 31.2 Å². The van der Waals surface area contributed by atoms with E-state index < -0.39 is 10.0 Å². The highest BCUT2D eigenvalue weighted by atomic mass is 35.5. The molecular weight excluding hydrogens is 480 g/mol. The minimum absolute atomic E-state index is 0.216. The summed E-state index contributed by atoms with van der Waals surface area (Å²) in [6.07, 6.45) is 5.44. The van der Waals surface area contributed by atoms with Crippen molar-refractivity contribution in [2.24, 2.45) is 0 Å². The van der Waals surface area contributed by atoms with Gasteiger partial charge in [-0.1, -0.05) is 54.4 Å². The van der Waals surface area contributed by atoms with Crippen LogP contribution in [0.2, 0.25) is 5.02 Å². The summed E-state index contributed by atoms with van der Waals surface area (Å²) in [4.78, 5) is 2.73. The zero-order valence-corrected chi connectivity index (χ0v) is 21.6. The maximum absolute atomic E-state index is 13.6. The lowest BCUT2D eigenvalue weighted by Crippen LogP contribution is -2.33. The molecule has 0 aromatic heterocycles. The van der Waals surface area contributed by atoms with E-state index in [1.807, 2.05) is 54.6 Å². The monoisotopic (exact) mass is 512 g/mol. The Kier molecular flexibility index (Phi) is 9.07.